The summed E-state index contributed by atoms with van der Waals surface area (Å²) in [7, 11) is 0. The van der Waals surface area contributed by atoms with Gasteiger partial charge in [0.1, 0.15) is 19.0 Å². The van der Waals surface area contributed by atoms with Crippen LogP contribution < -0.4 is 15.2 Å². The fraction of sp³-hybridized carbons (Fsp3) is 0.200. The van der Waals surface area contributed by atoms with Crippen molar-refractivity contribution in [2.75, 3.05) is 13.2 Å². The maximum Gasteiger partial charge on any atom is 0.161 e. The molecule has 0 bridgehead atoms. The highest BCUT2D eigenvalue weighted by molar-refractivity contribution is 5.67. The Bertz CT molecular complexity index is 613. The fourth-order valence-corrected chi connectivity index (χ4v) is 2.12. The van der Waals surface area contributed by atoms with Gasteiger partial charge >= 0.3 is 0 Å². The Balaban J connectivity index is 2.00. The van der Waals surface area contributed by atoms with Crippen LogP contribution in [0.15, 0.2) is 36.4 Å². The Hall–Kier alpha value is -2.07. The first-order chi connectivity index (χ1) is 9.28. The van der Waals surface area contributed by atoms with E-state index in [1.165, 1.54) is 6.07 Å². The van der Waals surface area contributed by atoms with Crippen molar-refractivity contribution in [2.45, 2.75) is 6.54 Å². The van der Waals surface area contributed by atoms with Crippen molar-refractivity contribution < 1.29 is 13.9 Å². The summed E-state index contributed by atoms with van der Waals surface area (Å²) < 4.78 is 24.7. The van der Waals surface area contributed by atoms with Crippen molar-refractivity contribution in [3.63, 3.8) is 0 Å². The lowest BCUT2D eigenvalue weighted by Gasteiger charge is -2.19. The second-order valence-corrected chi connectivity index (χ2v) is 4.37. The number of ether oxygens (including phenoxy) is 2. The molecule has 0 saturated carbocycles. The van der Waals surface area contributed by atoms with Crippen molar-refractivity contribution in [3.05, 3.63) is 47.8 Å². The standard InChI is InChI=1S/C15H14FNO2/c16-13-7-10(1-2-12(13)9-17)11-3-4-14-15(8-11)19-6-5-18-14/h1-4,7-8H,5-6,9,17H2. The first-order valence-corrected chi connectivity index (χ1v) is 6.16. The van der Waals surface area contributed by atoms with Crippen molar-refractivity contribution >= 4 is 0 Å². The van der Waals surface area contributed by atoms with Crippen LogP contribution in [0.5, 0.6) is 11.5 Å². The van der Waals surface area contributed by atoms with Crippen LogP contribution in [0.25, 0.3) is 11.1 Å². The quantitative estimate of drug-likeness (QED) is 0.901. The average Bonchev–Trinajstić information content (AvgIpc) is 2.46. The van der Waals surface area contributed by atoms with Crippen LogP contribution in [0.1, 0.15) is 5.56 Å². The molecule has 0 radical (unpaired) electrons. The molecule has 4 heteroatoms. The zero-order chi connectivity index (χ0) is 13.2. The van der Waals surface area contributed by atoms with E-state index < -0.39 is 0 Å². The summed E-state index contributed by atoms with van der Waals surface area (Å²) in [4.78, 5) is 0. The van der Waals surface area contributed by atoms with E-state index in [0.717, 1.165) is 16.9 Å². The molecular formula is C15H14FNO2. The minimum Gasteiger partial charge on any atom is -0.486 e. The molecule has 0 spiro atoms. The van der Waals surface area contributed by atoms with Gasteiger partial charge in [0, 0.05) is 12.1 Å². The molecule has 2 aromatic carbocycles. The molecule has 19 heavy (non-hydrogen) atoms. The molecule has 0 saturated heterocycles. The van der Waals surface area contributed by atoms with Crippen LogP contribution in [0.2, 0.25) is 0 Å². The number of fused-ring (bicyclic) bond motifs is 1. The zero-order valence-electron chi connectivity index (χ0n) is 10.4. The third kappa shape index (κ3) is 2.27. The van der Waals surface area contributed by atoms with Crippen LogP contribution >= 0.6 is 0 Å². The van der Waals surface area contributed by atoms with Crippen molar-refractivity contribution in [1.29, 1.82) is 0 Å². The lowest BCUT2D eigenvalue weighted by Crippen LogP contribution is -2.15. The van der Waals surface area contributed by atoms with Gasteiger partial charge in [-0.2, -0.15) is 0 Å². The van der Waals surface area contributed by atoms with E-state index in [4.69, 9.17) is 15.2 Å². The van der Waals surface area contributed by atoms with Gasteiger partial charge in [-0.1, -0.05) is 18.2 Å². The smallest absolute Gasteiger partial charge is 0.161 e. The lowest BCUT2D eigenvalue weighted by atomic mass is 10.0. The predicted molar refractivity (Wildman–Crippen MR) is 70.7 cm³/mol. The fourth-order valence-electron chi connectivity index (χ4n) is 2.12. The maximum atomic E-state index is 13.7. The Morgan fingerprint density at radius 1 is 0.947 bits per heavy atom. The molecule has 98 valence electrons. The van der Waals surface area contributed by atoms with Crippen molar-refractivity contribution in [3.8, 4) is 22.6 Å². The molecule has 1 aliphatic heterocycles. The molecule has 0 aliphatic carbocycles. The molecular weight excluding hydrogens is 245 g/mol. The summed E-state index contributed by atoms with van der Waals surface area (Å²) >= 11 is 0. The Morgan fingerprint density at radius 2 is 1.63 bits per heavy atom. The second kappa shape index (κ2) is 4.90. The maximum absolute atomic E-state index is 13.7. The van der Waals surface area contributed by atoms with Gasteiger partial charge in [0.05, 0.1) is 0 Å². The number of nitrogens with two attached hydrogens (primary N) is 1. The van der Waals surface area contributed by atoms with Crippen LogP contribution in [0.3, 0.4) is 0 Å². The normalized spacial score (nSPS) is 13.4. The van der Waals surface area contributed by atoms with Gasteiger partial charge in [-0.05, 0) is 29.3 Å². The van der Waals surface area contributed by atoms with Gasteiger partial charge in [0.25, 0.3) is 0 Å². The topological polar surface area (TPSA) is 44.5 Å². The van der Waals surface area contributed by atoms with Crippen LogP contribution in [-0.2, 0) is 6.54 Å². The first kappa shape index (κ1) is 12.0. The van der Waals surface area contributed by atoms with E-state index >= 15 is 0 Å². The molecule has 0 amide bonds. The number of benzene rings is 2. The average molecular weight is 259 g/mol. The van der Waals surface area contributed by atoms with E-state index in [0.29, 0.717) is 24.5 Å². The molecule has 3 rings (SSSR count). The van der Waals surface area contributed by atoms with Gasteiger partial charge in [0.15, 0.2) is 11.5 Å². The van der Waals surface area contributed by atoms with Gasteiger partial charge in [-0.25, -0.2) is 4.39 Å². The highest BCUT2D eigenvalue weighted by Crippen LogP contribution is 2.34. The molecule has 0 aromatic heterocycles. The Morgan fingerprint density at radius 3 is 2.37 bits per heavy atom. The SMILES string of the molecule is NCc1ccc(-c2ccc3c(c2)OCCO3)cc1F. The molecule has 0 fully saturated rings. The molecule has 2 aromatic rings. The third-order valence-electron chi connectivity index (χ3n) is 3.15. The third-order valence-corrected chi connectivity index (χ3v) is 3.15. The largest absolute Gasteiger partial charge is 0.486 e. The molecule has 3 nitrogen and oxygen atoms in total. The van der Waals surface area contributed by atoms with Gasteiger partial charge in [0.2, 0.25) is 0 Å². The van der Waals surface area contributed by atoms with Gasteiger partial charge < -0.3 is 15.2 Å². The lowest BCUT2D eigenvalue weighted by molar-refractivity contribution is 0.171. The van der Waals surface area contributed by atoms with Crippen molar-refractivity contribution in [2.24, 2.45) is 5.73 Å². The van der Waals surface area contributed by atoms with Crippen molar-refractivity contribution in [1.82, 2.24) is 0 Å². The molecule has 1 heterocycles. The number of hydrogen-bond acceptors (Lipinski definition) is 3. The summed E-state index contributed by atoms with van der Waals surface area (Å²) in [5.41, 5.74) is 7.66. The van der Waals surface area contributed by atoms with Crippen LogP contribution in [0, 0.1) is 5.82 Å². The summed E-state index contributed by atoms with van der Waals surface area (Å²) in [5, 5.41) is 0. The van der Waals surface area contributed by atoms with Crippen LogP contribution in [0.4, 0.5) is 4.39 Å². The Labute approximate surface area is 110 Å². The predicted octanol–water partition coefficient (Wildman–Crippen LogP) is 2.72. The monoisotopic (exact) mass is 259 g/mol. The highest BCUT2D eigenvalue weighted by Gasteiger charge is 2.13. The molecule has 0 atom stereocenters. The van der Waals surface area contributed by atoms with E-state index in [2.05, 4.69) is 0 Å². The van der Waals surface area contributed by atoms with Gasteiger partial charge in [-0.3, -0.25) is 0 Å². The summed E-state index contributed by atoms with van der Waals surface area (Å²) in [6, 6.07) is 10.7. The summed E-state index contributed by atoms with van der Waals surface area (Å²) in [5.74, 6) is 1.15. The van der Waals surface area contributed by atoms with Gasteiger partial charge in [-0.15, -0.1) is 0 Å². The minimum atomic E-state index is -0.283. The number of hydrogen-bond donors (Lipinski definition) is 1. The van der Waals surface area contributed by atoms with E-state index in [1.54, 1.807) is 6.07 Å². The molecule has 0 unspecified atom stereocenters. The number of rotatable bonds is 2. The zero-order valence-corrected chi connectivity index (χ0v) is 10.4. The van der Waals surface area contributed by atoms with E-state index in [9.17, 15) is 4.39 Å². The minimum absolute atomic E-state index is 0.202. The van der Waals surface area contributed by atoms with E-state index in [-0.39, 0.29) is 12.4 Å². The van der Waals surface area contributed by atoms with Crippen LogP contribution in [-0.4, -0.2) is 13.2 Å². The van der Waals surface area contributed by atoms with E-state index in [1.807, 2.05) is 24.3 Å². The molecule has 2 N–H and O–H groups in total. The highest BCUT2D eigenvalue weighted by atomic mass is 19.1. The Kier molecular flexibility index (Phi) is 3.09. The summed E-state index contributed by atoms with van der Waals surface area (Å²) in [6.45, 7) is 1.30. The first-order valence-electron chi connectivity index (χ1n) is 6.16. The molecule has 1 aliphatic rings. The second-order valence-electron chi connectivity index (χ2n) is 4.37. The summed E-state index contributed by atoms with van der Waals surface area (Å²) in [6.07, 6.45) is 0. The number of halogens is 1.